The molecule has 19 heavy (non-hydrogen) atoms. The number of aryl methyl sites for hydroxylation is 1. The van der Waals surface area contributed by atoms with Gasteiger partial charge in [-0.25, -0.2) is 4.98 Å². The third-order valence-electron chi connectivity index (χ3n) is 2.50. The van der Waals surface area contributed by atoms with Crippen LogP contribution in [0.25, 0.3) is 0 Å². The molecule has 0 saturated heterocycles. The molecule has 2 aromatic rings. The van der Waals surface area contributed by atoms with Gasteiger partial charge in [0.2, 0.25) is 0 Å². The Balaban J connectivity index is 2.25. The number of hydrogen-bond donors (Lipinski definition) is 1. The normalized spacial score (nSPS) is 10.3. The largest absolute Gasteiger partial charge is 0.320 e. The number of anilines is 1. The summed E-state index contributed by atoms with van der Waals surface area (Å²) in [6, 6.07) is 6.36. The Morgan fingerprint density at radius 3 is 2.58 bits per heavy atom. The molecule has 6 heteroatoms. The van der Waals surface area contributed by atoms with E-state index in [0.29, 0.717) is 26.4 Å². The molecule has 1 aromatic heterocycles. The van der Waals surface area contributed by atoms with Crippen LogP contribution in [-0.2, 0) is 0 Å². The van der Waals surface area contributed by atoms with Crippen LogP contribution in [0.2, 0.25) is 15.2 Å². The van der Waals surface area contributed by atoms with Crippen molar-refractivity contribution >= 4 is 46.4 Å². The number of nitrogens with one attached hydrogen (secondary N) is 1. The summed E-state index contributed by atoms with van der Waals surface area (Å²) in [5.41, 5.74) is 1.75. The zero-order valence-electron chi connectivity index (χ0n) is 9.88. The molecule has 0 bridgehead atoms. The van der Waals surface area contributed by atoms with Crippen LogP contribution >= 0.6 is 34.8 Å². The number of amides is 1. The highest BCUT2D eigenvalue weighted by Crippen LogP contribution is 2.23. The smallest absolute Gasteiger partial charge is 0.257 e. The number of benzene rings is 1. The van der Waals surface area contributed by atoms with E-state index in [-0.39, 0.29) is 5.91 Å². The van der Waals surface area contributed by atoms with Crippen LogP contribution in [0.5, 0.6) is 0 Å². The molecule has 0 aliphatic rings. The van der Waals surface area contributed by atoms with E-state index in [1.807, 2.05) is 6.92 Å². The van der Waals surface area contributed by atoms with Gasteiger partial charge in [-0.05, 0) is 36.8 Å². The zero-order valence-corrected chi connectivity index (χ0v) is 12.1. The van der Waals surface area contributed by atoms with Crippen molar-refractivity contribution in [2.45, 2.75) is 6.92 Å². The lowest BCUT2D eigenvalue weighted by Crippen LogP contribution is -2.13. The summed E-state index contributed by atoms with van der Waals surface area (Å²) >= 11 is 17.5. The quantitative estimate of drug-likeness (QED) is 0.823. The molecule has 1 aromatic carbocycles. The molecule has 1 heterocycles. The fraction of sp³-hybridized carbons (Fsp3) is 0.0769. The first kappa shape index (κ1) is 14.1. The Hall–Kier alpha value is -1.29. The van der Waals surface area contributed by atoms with Gasteiger partial charge < -0.3 is 5.32 Å². The minimum Gasteiger partial charge on any atom is -0.320 e. The van der Waals surface area contributed by atoms with Crippen molar-refractivity contribution in [1.29, 1.82) is 0 Å². The van der Waals surface area contributed by atoms with Crippen molar-refractivity contribution in [1.82, 2.24) is 4.98 Å². The van der Waals surface area contributed by atoms with E-state index in [9.17, 15) is 4.79 Å². The monoisotopic (exact) mass is 314 g/mol. The summed E-state index contributed by atoms with van der Waals surface area (Å²) < 4.78 is 0. The number of carbonyl (C=O) groups is 1. The third kappa shape index (κ3) is 3.38. The molecule has 0 saturated carbocycles. The van der Waals surface area contributed by atoms with Crippen molar-refractivity contribution in [3.05, 3.63) is 56.8 Å². The van der Waals surface area contributed by atoms with Gasteiger partial charge in [0.1, 0.15) is 5.15 Å². The van der Waals surface area contributed by atoms with Crippen LogP contribution in [0.3, 0.4) is 0 Å². The van der Waals surface area contributed by atoms with E-state index in [4.69, 9.17) is 34.8 Å². The molecule has 0 atom stereocenters. The summed E-state index contributed by atoms with van der Waals surface area (Å²) in [7, 11) is 0. The van der Waals surface area contributed by atoms with Crippen LogP contribution in [0.15, 0.2) is 30.5 Å². The number of aromatic nitrogens is 1. The summed E-state index contributed by atoms with van der Waals surface area (Å²) in [5, 5.41) is 3.87. The van der Waals surface area contributed by atoms with Crippen molar-refractivity contribution in [2.24, 2.45) is 0 Å². The summed E-state index contributed by atoms with van der Waals surface area (Å²) in [6.07, 6.45) is 1.50. The number of nitrogens with zero attached hydrogens (tertiary/aromatic N) is 1. The van der Waals surface area contributed by atoms with Crippen molar-refractivity contribution < 1.29 is 4.79 Å². The highest BCUT2D eigenvalue weighted by molar-refractivity contribution is 6.37. The molecule has 0 spiro atoms. The zero-order chi connectivity index (χ0) is 14.0. The average molecular weight is 316 g/mol. The van der Waals surface area contributed by atoms with Gasteiger partial charge in [0.15, 0.2) is 0 Å². The fourth-order valence-corrected chi connectivity index (χ4v) is 2.22. The Kier molecular flexibility index (Phi) is 4.30. The molecule has 0 unspecified atom stereocenters. The van der Waals surface area contributed by atoms with Gasteiger partial charge in [0, 0.05) is 5.02 Å². The number of hydrogen-bond acceptors (Lipinski definition) is 2. The molecule has 3 nitrogen and oxygen atoms in total. The highest BCUT2D eigenvalue weighted by Gasteiger charge is 2.12. The second-order valence-corrected chi connectivity index (χ2v) is 5.13. The first-order valence-corrected chi connectivity index (χ1v) is 6.49. The maximum absolute atomic E-state index is 12.1. The first-order valence-electron chi connectivity index (χ1n) is 5.36. The fourth-order valence-electron chi connectivity index (χ4n) is 1.52. The summed E-state index contributed by atoms with van der Waals surface area (Å²) in [5.74, 6) is -0.325. The van der Waals surface area contributed by atoms with Crippen LogP contribution in [0.1, 0.15) is 15.9 Å². The molecule has 1 amide bonds. The third-order valence-corrected chi connectivity index (χ3v) is 3.26. The van der Waals surface area contributed by atoms with E-state index < -0.39 is 0 Å². The number of halogens is 3. The second kappa shape index (κ2) is 5.78. The molecular weight excluding hydrogens is 307 g/mol. The predicted molar refractivity (Wildman–Crippen MR) is 78.4 cm³/mol. The van der Waals surface area contributed by atoms with Crippen LogP contribution < -0.4 is 5.32 Å². The molecular formula is C13H9Cl3N2O. The standard InChI is InChI=1S/C13H9Cl3N2O/c1-7-4-12(16)17-6-11(7)18-13(19)9-3-2-8(14)5-10(9)15/h2-6H,1H3,(H,18,19). The molecule has 0 radical (unpaired) electrons. The molecule has 0 aliphatic heterocycles. The van der Waals surface area contributed by atoms with Crippen LogP contribution in [-0.4, -0.2) is 10.9 Å². The number of rotatable bonds is 2. The Labute approximate surface area is 125 Å². The molecule has 0 fully saturated rings. The second-order valence-electron chi connectivity index (χ2n) is 3.90. The minimum absolute atomic E-state index is 0.296. The highest BCUT2D eigenvalue weighted by atomic mass is 35.5. The topological polar surface area (TPSA) is 42.0 Å². The average Bonchev–Trinajstić information content (AvgIpc) is 2.32. The van der Waals surface area contributed by atoms with Gasteiger partial charge in [-0.2, -0.15) is 0 Å². The predicted octanol–water partition coefficient (Wildman–Crippen LogP) is 4.60. The minimum atomic E-state index is -0.325. The SMILES string of the molecule is Cc1cc(Cl)ncc1NC(=O)c1ccc(Cl)cc1Cl. The van der Waals surface area contributed by atoms with E-state index >= 15 is 0 Å². The van der Waals surface area contributed by atoms with Gasteiger partial charge in [-0.15, -0.1) is 0 Å². The van der Waals surface area contributed by atoms with E-state index in [1.165, 1.54) is 12.3 Å². The Bertz CT molecular complexity index is 644. The lowest BCUT2D eigenvalue weighted by Gasteiger charge is -2.09. The van der Waals surface area contributed by atoms with Crippen molar-refractivity contribution in [3.63, 3.8) is 0 Å². The van der Waals surface area contributed by atoms with Crippen molar-refractivity contribution in [3.8, 4) is 0 Å². The maximum atomic E-state index is 12.1. The first-order chi connectivity index (χ1) is 8.97. The Morgan fingerprint density at radius 1 is 1.21 bits per heavy atom. The van der Waals surface area contributed by atoms with Crippen molar-refractivity contribution in [2.75, 3.05) is 5.32 Å². The van der Waals surface area contributed by atoms with E-state index in [0.717, 1.165) is 5.56 Å². The lowest BCUT2D eigenvalue weighted by atomic mass is 10.2. The number of pyridine rings is 1. The molecule has 2 rings (SSSR count). The summed E-state index contributed by atoms with van der Waals surface area (Å²) in [4.78, 5) is 16.0. The van der Waals surface area contributed by atoms with Gasteiger partial charge in [0.25, 0.3) is 5.91 Å². The molecule has 98 valence electrons. The molecule has 1 N–H and O–H groups in total. The Morgan fingerprint density at radius 2 is 1.95 bits per heavy atom. The van der Waals surface area contributed by atoms with Crippen LogP contribution in [0, 0.1) is 6.92 Å². The van der Waals surface area contributed by atoms with E-state index in [1.54, 1.807) is 18.2 Å². The maximum Gasteiger partial charge on any atom is 0.257 e. The lowest BCUT2D eigenvalue weighted by molar-refractivity contribution is 0.102. The summed E-state index contributed by atoms with van der Waals surface area (Å²) in [6.45, 7) is 1.83. The van der Waals surface area contributed by atoms with Crippen LogP contribution in [0.4, 0.5) is 5.69 Å². The van der Waals surface area contributed by atoms with Gasteiger partial charge in [-0.3, -0.25) is 4.79 Å². The number of carbonyl (C=O) groups excluding carboxylic acids is 1. The van der Waals surface area contributed by atoms with Gasteiger partial charge in [0.05, 0.1) is 22.5 Å². The van der Waals surface area contributed by atoms with E-state index in [2.05, 4.69) is 10.3 Å². The van der Waals surface area contributed by atoms with Gasteiger partial charge in [-0.1, -0.05) is 34.8 Å². The molecule has 0 aliphatic carbocycles. The van der Waals surface area contributed by atoms with Gasteiger partial charge >= 0.3 is 0 Å².